The summed E-state index contributed by atoms with van der Waals surface area (Å²) in [5, 5.41) is 9.42. The van der Waals surface area contributed by atoms with Crippen molar-refractivity contribution in [2.24, 2.45) is 17.8 Å². The summed E-state index contributed by atoms with van der Waals surface area (Å²) in [7, 11) is 0. The molecule has 8 heteroatoms. The van der Waals surface area contributed by atoms with E-state index in [1.165, 1.54) is 38.5 Å². The Bertz CT molecular complexity index is 902. The zero-order valence-electron chi connectivity index (χ0n) is 27.0. The Balaban J connectivity index is 1.39. The first kappa shape index (κ1) is 32.7. The SMILES string of the molecule is CCNC(=O)[C@@H]1CC2CCCC(C2)OC2CCCC(C2)C[C@H](N2CCCCC2)C(=O)N[C@@H](CCC2CCCCC2)C(=O)N1. The Morgan fingerprint density at radius 3 is 2.07 bits per heavy atom. The molecule has 5 rings (SSSR count). The van der Waals surface area contributed by atoms with E-state index in [2.05, 4.69) is 20.9 Å². The second-order valence-corrected chi connectivity index (χ2v) is 14.6. The van der Waals surface area contributed by atoms with E-state index in [9.17, 15) is 14.4 Å². The Labute approximate surface area is 260 Å². The van der Waals surface area contributed by atoms with Gasteiger partial charge in [0, 0.05) is 6.54 Å². The second-order valence-electron chi connectivity index (χ2n) is 14.6. The molecule has 2 aliphatic heterocycles. The van der Waals surface area contributed by atoms with Crippen LogP contribution in [0.3, 0.4) is 0 Å². The van der Waals surface area contributed by atoms with Crippen LogP contribution < -0.4 is 16.0 Å². The van der Waals surface area contributed by atoms with Crippen LogP contribution in [0.5, 0.6) is 0 Å². The minimum absolute atomic E-state index is 0.00672. The summed E-state index contributed by atoms with van der Waals surface area (Å²) >= 11 is 0. The molecule has 2 saturated heterocycles. The number of rotatable bonds is 6. The molecule has 4 bridgehead atoms. The summed E-state index contributed by atoms with van der Waals surface area (Å²) in [6.45, 7) is 4.35. The van der Waals surface area contributed by atoms with Crippen LogP contribution in [0.4, 0.5) is 0 Å². The fraction of sp³-hybridized carbons (Fsp3) is 0.914. The Morgan fingerprint density at radius 1 is 0.744 bits per heavy atom. The van der Waals surface area contributed by atoms with Crippen molar-refractivity contribution in [1.82, 2.24) is 20.9 Å². The number of piperidine rings is 1. The highest BCUT2D eigenvalue weighted by molar-refractivity contribution is 5.93. The molecule has 5 fully saturated rings. The van der Waals surface area contributed by atoms with E-state index < -0.39 is 12.1 Å². The summed E-state index contributed by atoms with van der Waals surface area (Å²) in [5.74, 6) is 1.14. The molecule has 43 heavy (non-hydrogen) atoms. The molecular formula is C35H60N4O4. The summed E-state index contributed by atoms with van der Waals surface area (Å²) in [6, 6.07) is -1.40. The van der Waals surface area contributed by atoms with Crippen LogP contribution in [0.25, 0.3) is 0 Å². The Hall–Kier alpha value is -1.67. The van der Waals surface area contributed by atoms with Gasteiger partial charge in [0.05, 0.1) is 18.2 Å². The van der Waals surface area contributed by atoms with Gasteiger partial charge in [-0.1, -0.05) is 64.2 Å². The predicted octanol–water partition coefficient (Wildman–Crippen LogP) is 5.24. The zero-order valence-corrected chi connectivity index (χ0v) is 27.0. The maximum Gasteiger partial charge on any atom is 0.243 e. The molecular weight excluding hydrogens is 540 g/mol. The van der Waals surface area contributed by atoms with Crippen molar-refractivity contribution < 1.29 is 19.1 Å². The van der Waals surface area contributed by atoms with E-state index in [0.29, 0.717) is 37.1 Å². The molecule has 2 heterocycles. The normalized spacial score (nSPS) is 35.9. The lowest BCUT2D eigenvalue weighted by atomic mass is 9.80. The first-order chi connectivity index (χ1) is 21.0. The van der Waals surface area contributed by atoms with Gasteiger partial charge in [-0.2, -0.15) is 0 Å². The monoisotopic (exact) mass is 600 g/mol. The van der Waals surface area contributed by atoms with Crippen LogP contribution in [0, 0.1) is 17.8 Å². The topological polar surface area (TPSA) is 99.8 Å². The Kier molecular flexibility index (Phi) is 12.6. The quantitative estimate of drug-likeness (QED) is 0.388. The molecule has 244 valence electrons. The second kappa shape index (κ2) is 16.6. The van der Waals surface area contributed by atoms with Crippen LogP contribution in [0.15, 0.2) is 0 Å². The van der Waals surface area contributed by atoms with Gasteiger partial charge >= 0.3 is 0 Å². The predicted molar refractivity (Wildman–Crippen MR) is 169 cm³/mol. The van der Waals surface area contributed by atoms with Gasteiger partial charge in [-0.3, -0.25) is 19.3 Å². The number of nitrogens with one attached hydrogen (secondary N) is 3. The summed E-state index contributed by atoms with van der Waals surface area (Å²) in [5.41, 5.74) is 0. The molecule has 3 N–H and O–H groups in total. The molecule has 0 radical (unpaired) electrons. The summed E-state index contributed by atoms with van der Waals surface area (Å²) in [4.78, 5) is 43.9. The third-order valence-electron chi connectivity index (χ3n) is 11.3. The van der Waals surface area contributed by atoms with E-state index >= 15 is 0 Å². The van der Waals surface area contributed by atoms with Gasteiger partial charge in [-0.25, -0.2) is 0 Å². The molecule has 0 aromatic rings. The van der Waals surface area contributed by atoms with E-state index in [4.69, 9.17) is 4.74 Å². The van der Waals surface area contributed by atoms with Crippen LogP contribution in [-0.2, 0) is 19.1 Å². The number of carbonyl (C=O) groups is 3. The van der Waals surface area contributed by atoms with Gasteiger partial charge in [0.1, 0.15) is 12.1 Å². The highest BCUT2D eigenvalue weighted by Gasteiger charge is 2.37. The fourth-order valence-electron chi connectivity index (χ4n) is 8.95. The standard InChI is InChI=1S/C35H60N4O4/c1-2-36-33(40)31-23-26-13-9-15-28(21-26)43-29-16-10-14-27(22-29)24-32(39-19-7-4-8-20-39)35(42)37-30(34(41)38-31)18-17-25-11-5-3-6-12-25/h25-32H,2-24H2,1H3,(H,36,40)(H,37,42)(H,38,41)/t26?,27?,28?,29?,30-,31-,32-/m0/s1. The molecule has 8 nitrogen and oxygen atoms in total. The van der Waals surface area contributed by atoms with E-state index in [1.807, 2.05) is 6.92 Å². The lowest BCUT2D eigenvalue weighted by Gasteiger charge is -2.40. The number of nitrogens with zero attached hydrogens (tertiary/aromatic N) is 1. The van der Waals surface area contributed by atoms with E-state index in [-0.39, 0.29) is 36.0 Å². The van der Waals surface area contributed by atoms with E-state index in [1.54, 1.807) is 0 Å². The molecule has 0 spiro atoms. The van der Waals surface area contributed by atoms with Crippen LogP contribution in [-0.4, -0.2) is 72.6 Å². The maximum atomic E-state index is 14.2. The van der Waals surface area contributed by atoms with Crippen molar-refractivity contribution in [2.45, 2.75) is 166 Å². The smallest absolute Gasteiger partial charge is 0.243 e. The molecule has 5 aliphatic rings. The number of fused-ring (bicyclic) bond motifs is 4. The summed E-state index contributed by atoms with van der Waals surface area (Å²) < 4.78 is 6.77. The molecule has 7 atom stereocenters. The number of carbonyl (C=O) groups excluding carboxylic acids is 3. The highest BCUT2D eigenvalue weighted by atomic mass is 16.5. The van der Waals surface area contributed by atoms with Crippen molar-refractivity contribution in [2.75, 3.05) is 19.6 Å². The van der Waals surface area contributed by atoms with E-state index in [0.717, 1.165) is 90.1 Å². The molecule has 3 amide bonds. The summed E-state index contributed by atoms with van der Waals surface area (Å²) in [6.07, 6.45) is 22.0. The van der Waals surface area contributed by atoms with Crippen molar-refractivity contribution in [3.05, 3.63) is 0 Å². The van der Waals surface area contributed by atoms with Gasteiger partial charge < -0.3 is 20.7 Å². The van der Waals surface area contributed by atoms with Crippen molar-refractivity contribution in [3.8, 4) is 0 Å². The van der Waals surface area contributed by atoms with Crippen molar-refractivity contribution in [3.63, 3.8) is 0 Å². The first-order valence-corrected chi connectivity index (χ1v) is 18.3. The number of ether oxygens (including phenoxy) is 1. The van der Waals surface area contributed by atoms with Crippen LogP contribution >= 0.6 is 0 Å². The average Bonchev–Trinajstić information content (AvgIpc) is 3.02. The van der Waals surface area contributed by atoms with Crippen molar-refractivity contribution in [1.29, 1.82) is 0 Å². The third-order valence-corrected chi connectivity index (χ3v) is 11.3. The number of likely N-dealkylation sites (N-methyl/N-ethyl adjacent to an activating group) is 1. The van der Waals surface area contributed by atoms with Gasteiger partial charge in [-0.15, -0.1) is 0 Å². The minimum Gasteiger partial charge on any atom is -0.375 e. The number of likely N-dealkylation sites (tertiary alicyclic amines) is 1. The number of amides is 3. The zero-order chi connectivity index (χ0) is 30.0. The lowest BCUT2D eigenvalue weighted by molar-refractivity contribution is -0.135. The van der Waals surface area contributed by atoms with Gasteiger partial charge in [0.2, 0.25) is 17.7 Å². The lowest BCUT2D eigenvalue weighted by Crippen LogP contribution is -2.58. The highest BCUT2D eigenvalue weighted by Crippen LogP contribution is 2.36. The molecule has 0 aromatic heterocycles. The van der Waals surface area contributed by atoms with Gasteiger partial charge in [0.15, 0.2) is 0 Å². The fourth-order valence-corrected chi connectivity index (χ4v) is 8.95. The minimum atomic E-state index is -0.604. The van der Waals surface area contributed by atoms with Crippen molar-refractivity contribution >= 4 is 17.7 Å². The molecule has 0 aromatic carbocycles. The molecule has 3 aliphatic carbocycles. The average molecular weight is 601 g/mol. The maximum absolute atomic E-state index is 14.2. The van der Waals surface area contributed by atoms with Crippen LogP contribution in [0.1, 0.15) is 135 Å². The number of hydrogen-bond donors (Lipinski definition) is 3. The molecule has 4 unspecified atom stereocenters. The Morgan fingerprint density at radius 2 is 1.40 bits per heavy atom. The van der Waals surface area contributed by atoms with Gasteiger partial charge in [0.25, 0.3) is 0 Å². The first-order valence-electron chi connectivity index (χ1n) is 18.3. The largest absolute Gasteiger partial charge is 0.375 e. The van der Waals surface area contributed by atoms with Gasteiger partial charge in [-0.05, 0) is 102 Å². The van der Waals surface area contributed by atoms with Crippen LogP contribution in [0.2, 0.25) is 0 Å². The number of hydrogen-bond acceptors (Lipinski definition) is 5. The molecule has 3 saturated carbocycles. The third kappa shape index (κ3) is 9.66.